The van der Waals surface area contributed by atoms with Gasteiger partial charge in [-0.3, -0.25) is 14.4 Å². The molecule has 5 heteroatoms. The van der Waals surface area contributed by atoms with Crippen molar-refractivity contribution in [1.29, 1.82) is 0 Å². The number of amides is 1. The summed E-state index contributed by atoms with van der Waals surface area (Å²) in [4.78, 5) is 14.6. The van der Waals surface area contributed by atoms with Gasteiger partial charge in [-0.2, -0.15) is 5.10 Å². The normalized spacial score (nSPS) is 15.7. The first-order valence-corrected chi connectivity index (χ1v) is 11.0. The number of nitrogens with one attached hydrogen (secondary N) is 1. The van der Waals surface area contributed by atoms with Gasteiger partial charge in [0.15, 0.2) is 0 Å². The third-order valence-corrected chi connectivity index (χ3v) is 6.04. The minimum absolute atomic E-state index is 0.0665. The van der Waals surface area contributed by atoms with Gasteiger partial charge in [0, 0.05) is 17.1 Å². The van der Waals surface area contributed by atoms with Crippen LogP contribution in [-0.2, 0) is 11.2 Å². The molecule has 1 N–H and O–H groups in total. The fourth-order valence-electron chi connectivity index (χ4n) is 4.41. The average Bonchev–Trinajstić information content (AvgIpc) is 3.08. The standard InChI is InChI=1S/C25H32N4O/c1-18(2)29-24-10-9-19(3)15-22(24)23(27-29)16-20-11-13-28(14-12-20)17-25(30)26-21-7-5-4-6-8-21/h4-10,15,18,20H,11-14,16-17H2,1-3H3,(H,26,30). The summed E-state index contributed by atoms with van der Waals surface area (Å²) >= 11 is 0. The van der Waals surface area contributed by atoms with Gasteiger partial charge < -0.3 is 5.32 Å². The van der Waals surface area contributed by atoms with E-state index in [0.29, 0.717) is 18.5 Å². The van der Waals surface area contributed by atoms with E-state index in [1.165, 1.54) is 22.2 Å². The Morgan fingerprint density at radius 3 is 2.57 bits per heavy atom. The van der Waals surface area contributed by atoms with Crippen molar-refractivity contribution in [3.63, 3.8) is 0 Å². The van der Waals surface area contributed by atoms with Gasteiger partial charge in [0.25, 0.3) is 0 Å². The zero-order valence-electron chi connectivity index (χ0n) is 18.3. The number of fused-ring (bicyclic) bond motifs is 1. The Bertz CT molecular complexity index is 1000. The highest BCUT2D eigenvalue weighted by Gasteiger charge is 2.23. The van der Waals surface area contributed by atoms with Crippen molar-refractivity contribution in [2.75, 3.05) is 25.0 Å². The number of piperidine rings is 1. The van der Waals surface area contributed by atoms with Crippen LogP contribution in [0.5, 0.6) is 0 Å². The number of aryl methyl sites for hydroxylation is 1. The van der Waals surface area contributed by atoms with E-state index < -0.39 is 0 Å². The number of likely N-dealkylation sites (tertiary alicyclic amines) is 1. The van der Waals surface area contributed by atoms with Gasteiger partial charge in [-0.25, -0.2) is 0 Å². The lowest BCUT2D eigenvalue weighted by Crippen LogP contribution is -2.39. The van der Waals surface area contributed by atoms with Crippen molar-refractivity contribution in [2.24, 2.45) is 5.92 Å². The number of benzene rings is 2. The van der Waals surface area contributed by atoms with Crippen molar-refractivity contribution in [3.8, 4) is 0 Å². The molecule has 0 aliphatic carbocycles. The highest BCUT2D eigenvalue weighted by Crippen LogP contribution is 2.28. The summed E-state index contributed by atoms with van der Waals surface area (Å²) in [6.07, 6.45) is 3.24. The molecule has 1 aliphatic heterocycles. The fourth-order valence-corrected chi connectivity index (χ4v) is 4.41. The predicted molar refractivity (Wildman–Crippen MR) is 123 cm³/mol. The maximum Gasteiger partial charge on any atom is 0.238 e. The number of hydrogen-bond acceptors (Lipinski definition) is 3. The monoisotopic (exact) mass is 404 g/mol. The summed E-state index contributed by atoms with van der Waals surface area (Å²) in [7, 11) is 0. The predicted octanol–water partition coefficient (Wildman–Crippen LogP) is 4.82. The highest BCUT2D eigenvalue weighted by molar-refractivity contribution is 5.92. The van der Waals surface area contributed by atoms with E-state index in [1.807, 2.05) is 30.3 Å². The van der Waals surface area contributed by atoms with Crippen LogP contribution in [0.2, 0.25) is 0 Å². The zero-order chi connectivity index (χ0) is 21.1. The Morgan fingerprint density at radius 1 is 1.13 bits per heavy atom. The van der Waals surface area contributed by atoms with Gasteiger partial charge >= 0.3 is 0 Å². The molecule has 0 radical (unpaired) electrons. The number of carbonyl (C=O) groups excluding carboxylic acids is 1. The molecule has 0 bridgehead atoms. The van der Waals surface area contributed by atoms with Gasteiger partial charge in [-0.15, -0.1) is 0 Å². The van der Waals surface area contributed by atoms with Crippen LogP contribution in [0, 0.1) is 12.8 Å². The molecule has 1 aliphatic rings. The van der Waals surface area contributed by atoms with Gasteiger partial charge in [0.2, 0.25) is 5.91 Å². The summed E-state index contributed by atoms with van der Waals surface area (Å²) in [5.74, 6) is 0.689. The van der Waals surface area contributed by atoms with Crippen molar-refractivity contribution >= 4 is 22.5 Å². The van der Waals surface area contributed by atoms with E-state index in [2.05, 4.69) is 53.9 Å². The second-order valence-electron chi connectivity index (χ2n) is 8.84. The van der Waals surface area contributed by atoms with Crippen LogP contribution < -0.4 is 5.32 Å². The van der Waals surface area contributed by atoms with Crippen LogP contribution in [-0.4, -0.2) is 40.2 Å². The summed E-state index contributed by atoms with van der Waals surface area (Å²) in [5.41, 5.74) is 4.61. The number of hydrogen-bond donors (Lipinski definition) is 1. The molecule has 0 spiro atoms. The molecule has 1 aromatic heterocycles. The SMILES string of the molecule is Cc1ccc2c(c1)c(CC1CCN(CC(=O)Nc3ccccc3)CC1)nn2C(C)C. The highest BCUT2D eigenvalue weighted by atomic mass is 16.2. The Kier molecular flexibility index (Phi) is 6.18. The Labute approximate surface area is 179 Å². The van der Waals surface area contributed by atoms with Crippen LogP contribution in [0.1, 0.15) is 44.0 Å². The van der Waals surface area contributed by atoms with Gasteiger partial charge in [-0.05, 0) is 83.3 Å². The molecule has 30 heavy (non-hydrogen) atoms. The quantitative estimate of drug-likeness (QED) is 0.641. The molecule has 158 valence electrons. The molecule has 2 aromatic carbocycles. The Morgan fingerprint density at radius 2 is 1.87 bits per heavy atom. The molecule has 2 heterocycles. The summed E-state index contributed by atoms with van der Waals surface area (Å²) in [5, 5.41) is 9.26. The molecule has 1 amide bonds. The maximum atomic E-state index is 12.3. The third-order valence-electron chi connectivity index (χ3n) is 6.04. The van der Waals surface area contributed by atoms with Crippen LogP contribution in [0.25, 0.3) is 10.9 Å². The second kappa shape index (κ2) is 9.00. The lowest BCUT2D eigenvalue weighted by molar-refractivity contribution is -0.117. The molecule has 0 saturated carbocycles. The minimum atomic E-state index is 0.0665. The van der Waals surface area contributed by atoms with Crippen LogP contribution in [0.15, 0.2) is 48.5 Å². The van der Waals surface area contributed by atoms with Gasteiger partial charge in [0.1, 0.15) is 0 Å². The molecule has 3 aromatic rings. The molecular formula is C25H32N4O. The van der Waals surface area contributed by atoms with E-state index in [9.17, 15) is 4.79 Å². The lowest BCUT2D eigenvalue weighted by Gasteiger charge is -2.31. The van der Waals surface area contributed by atoms with Crippen molar-refractivity contribution in [2.45, 2.75) is 46.1 Å². The van der Waals surface area contributed by atoms with Crippen molar-refractivity contribution in [1.82, 2.24) is 14.7 Å². The molecular weight excluding hydrogens is 372 g/mol. The number of aromatic nitrogens is 2. The number of para-hydroxylation sites is 1. The van der Waals surface area contributed by atoms with E-state index in [0.717, 1.165) is 38.0 Å². The van der Waals surface area contributed by atoms with Gasteiger partial charge in [-0.1, -0.05) is 29.8 Å². The number of rotatable bonds is 6. The summed E-state index contributed by atoms with van der Waals surface area (Å²) in [6.45, 7) is 8.92. The van der Waals surface area contributed by atoms with E-state index >= 15 is 0 Å². The smallest absolute Gasteiger partial charge is 0.238 e. The lowest BCUT2D eigenvalue weighted by atomic mass is 9.91. The van der Waals surface area contributed by atoms with E-state index in [1.54, 1.807) is 0 Å². The summed E-state index contributed by atoms with van der Waals surface area (Å²) in [6, 6.07) is 16.7. The third kappa shape index (κ3) is 4.73. The number of anilines is 1. The largest absolute Gasteiger partial charge is 0.325 e. The second-order valence-corrected chi connectivity index (χ2v) is 8.84. The average molecular weight is 405 g/mol. The molecule has 0 unspecified atom stereocenters. The van der Waals surface area contributed by atoms with E-state index in [4.69, 9.17) is 5.10 Å². The molecule has 4 rings (SSSR count). The van der Waals surface area contributed by atoms with Crippen LogP contribution in [0.3, 0.4) is 0 Å². The maximum absolute atomic E-state index is 12.3. The first-order chi connectivity index (χ1) is 14.5. The first kappa shape index (κ1) is 20.6. The molecule has 0 atom stereocenters. The van der Waals surface area contributed by atoms with Gasteiger partial charge in [0.05, 0.1) is 17.8 Å². The van der Waals surface area contributed by atoms with E-state index in [-0.39, 0.29) is 5.91 Å². The molecule has 1 fully saturated rings. The fraction of sp³-hybridized carbons (Fsp3) is 0.440. The topological polar surface area (TPSA) is 50.2 Å². The molecule has 1 saturated heterocycles. The van der Waals surface area contributed by atoms with Crippen molar-refractivity contribution < 1.29 is 4.79 Å². The minimum Gasteiger partial charge on any atom is -0.325 e. The number of nitrogens with zero attached hydrogens (tertiary/aromatic N) is 3. The number of carbonyl (C=O) groups is 1. The zero-order valence-corrected chi connectivity index (χ0v) is 18.3. The van der Waals surface area contributed by atoms with Crippen LogP contribution in [0.4, 0.5) is 5.69 Å². The van der Waals surface area contributed by atoms with Crippen molar-refractivity contribution in [3.05, 3.63) is 59.8 Å². The summed E-state index contributed by atoms with van der Waals surface area (Å²) < 4.78 is 2.16. The van der Waals surface area contributed by atoms with Crippen LogP contribution >= 0.6 is 0 Å². The molecule has 5 nitrogen and oxygen atoms in total. The Hall–Kier alpha value is -2.66. The first-order valence-electron chi connectivity index (χ1n) is 11.0. The Balaban J connectivity index is 1.35.